The molecule has 5 heterocycles. The summed E-state index contributed by atoms with van der Waals surface area (Å²) in [7, 11) is 5.42. The van der Waals surface area contributed by atoms with Crippen LogP contribution in [0.3, 0.4) is 0 Å². The SMILES string of the molecule is COc1cc(SC)sc1-c1ccc(-c2sc(-c3ccc(C4=[N+]([O-])CCN4[O])s3)cc2OC)n1C. The number of hydroxylamine groups is 3. The van der Waals surface area contributed by atoms with Crippen LogP contribution in [0.5, 0.6) is 11.5 Å². The molecule has 0 amide bonds. The second-order valence-electron chi connectivity index (χ2n) is 7.53. The molecule has 0 fully saturated rings. The summed E-state index contributed by atoms with van der Waals surface area (Å²) in [5.41, 5.74) is 2.12. The van der Waals surface area contributed by atoms with Crippen LogP contribution in [0.15, 0.2) is 40.6 Å². The molecule has 11 heteroatoms. The first-order valence-electron chi connectivity index (χ1n) is 10.4. The van der Waals surface area contributed by atoms with E-state index in [1.807, 2.05) is 25.2 Å². The molecule has 0 unspecified atom stereocenters. The molecule has 0 N–H and O–H groups in total. The van der Waals surface area contributed by atoms with Crippen molar-refractivity contribution in [1.82, 2.24) is 9.63 Å². The minimum Gasteiger partial charge on any atom is -0.715 e. The van der Waals surface area contributed by atoms with Gasteiger partial charge in [-0.1, -0.05) is 5.06 Å². The fraction of sp³-hybridized carbons (Fsp3) is 0.261. The van der Waals surface area contributed by atoms with Crippen LogP contribution in [0.1, 0.15) is 4.88 Å². The average Bonchev–Trinajstić information content (AvgIpc) is 3.64. The third-order valence-electron chi connectivity index (χ3n) is 5.65. The number of ether oxygens (including phenoxy) is 2. The highest BCUT2D eigenvalue weighted by Gasteiger charge is 2.31. The number of hydrogen-bond donors (Lipinski definition) is 0. The van der Waals surface area contributed by atoms with Crippen molar-refractivity contribution in [3.63, 3.8) is 0 Å². The van der Waals surface area contributed by atoms with E-state index in [0.29, 0.717) is 4.88 Å². The smallest absolute Gasteiger partial charge is 0.325 e. The second kappa shape index (κ2) is 9.31. The maximum Gasteiger partial charge on any atom is 0.325 e. The fourth-order valence-electron chi connectivity index (χ4n) is 3.93. The summed E-state index contributed by atoms with van der Waals surface area (Å²) in [6, 6.07) is 12.1. The van der Waals surface area contributed by atoms with Crippen molar-refractivity contribution < 1.29 is 19.4 Å². The van der Waals surface area contributed by atoms with Crippen molar-refractivity contribution in [3.05, 3.63) is 46.5 Å². The molecule has 0 atom stereocenters. The summed E-state index contributed by atoms with van der Waals surface area (Å²) in [5, 5.41) is 24.9. The van der Waals surface area contributed by atoms with E-state index in [9.17, 15) is 10.4 Å². The number of thioether (sulfide) groups is 1. The van der Waals surface area contributed by atoms with Gasteiger partial charge >= 0.3 is 5.84 Å². The summed E-state index contributed by atoms with van der Waals surface area (Å²) >= 11 is 6.50. The zero-order valence-corrected chi connectivity index (χ0v) is 22.3. The van der Waals surface area contributed by atoms with Crippen LogP contribution in [0.2, 0.25) is 0 Å². The highest BCUT2D eigenvalue weighted by Crippen LogP contribution is 2.47. The maximum absolute atomic E-state index is 12.1. The lowest BCUT2D eigenvalue weighted by Gasteiger charge is -2.08. The number of hydrogen-bond acceptors (Lipinski definition) is 8. The lowest BCUT2D eigenvalue weighted by Crippen LogP contribution is -2.23. The Morgan fingerprint density at radius 3 is 2.21 bits per heavy atom. The number of methoxy groups -OCH3 is 2. The Balaban J connectivity index is 1.52. The van der Waals surface area contributed by atoms with Crippen molar-refractivity contribution in [2.75, 3.05) is 33.6 Å². The van der Waals surface area contributed by atoms with Gasteiger partial charge in [-0.2, -0.15) is 0 Å². The van der Waals surface area contributed by atoms with Gasteiger partial charge in [0.1, 0.15) is 22.9 Å². The zero-order chi connectivity index (χ0) is 24.0. The van der Waals surface area contributed by atoms with Gasteiger partial charge in [-0.15, -0.1) is 45.8 Å². The summed E-state index contributed by atoms with van der Waals surface area (Å²) in [5.74, 6) is 1.85. The third kappa shape index (κ3) is 3.91. The largest absolute Gasteiger partial charge is 0.715 e. The number of aromatic nitrogens is 1. The van der Waals surface area contributed by atoms with Gasteiger partial charge < -0.3 is 19.2 Å². The molecule has 0 aromatic carbocycles. The molecular formula is C23H22N3O4S4. The van der Waals surface area contributed by atoms with E-state index in [0.717, 1.165) is 52.2 Å². The molecule has 1 radical (unpaired) electrons. The van der Waals surface area contributed by atoms with Gasteiger partial charge in [0.15, 0.2) is 6.54 Å². The molecule has 0 saturated carbocycles. The third-order valence-corrected chi connectivity index (χ3v) is 10.3. The van der Waals surface area contributed by atoms with Gasteiger partial charge in [0.05, 0.1) is 39.6 Å². The molecule has 34 heavy (non-hydrogen) atoms. The highest BCUT2D eigenvalue weighted by atomic mass is 32.2. The Morgan fingerprint density at radius 1 is 0.941 bits per heavy atom. The minimum absolute atomic E-state index is 0.196. The van der Waals surface area contributed by atoms with E-state index in [1.54, 1.807) is 48.7 Å². The molecule has 177 valence electrons. The maximum atomic E-state index is 12.1. The first-order valence-corrected chi connectivity index (χ1v) is 14.1. The van der Waals surface area contributed by atoms with E-state index in [-0.39, 0.29) is 18.9 Å². The van der Waals surface area contributed by atoms with Crippen LogP contribution >= 0.6 is 45.8 Å². The predicted molar refractivity (Wildman–Crippen MR) is 140 cm³/mol. The minimum atomic E-state index is 0.196. The van der Waals surface area contributed by atoms with E-state index in [2.05, 4.69) is 29.0 Å². The van der Waals surface area contributed by atoms with Crippen LogP contribution in [0.4, 0.5) is 0 Å². The topological polar surface area (TPSA) is 72.6 Å². The fourth-order valence-corrected chi connectivity index (χ4v) is 7.98. The molecular weight excluding hydrogens is 511 g/mol. The van der Waals surface area contributed by atoms with E-state index in [4.69, 9.17) is 9.47 Å². The van der Waals surface area contributed by atoms with Crippen molar-refractivity contribution >= 4 is 51.6 Å². The molecule has 5 rings (SSSR count). The lowest BCUT2D eigenvalue weighted by molar-refractivity contribution is -0.445. The number of amidine groups is 1. The quantitative estimate of drug-likeness (QED) is 0.169. The van der Waals surface area contributed by atoms with Crippen molar-refractivity contribution in [2.24, 2.45) is 7.05 Å². The van der Waals surface area contributed by atoms with Crippen LogP contribution in [0.25, 0.3) is 30.9 Å². The second-order valence-corrected chi connectivity index (χ2v) is 11.8. The van der Waals surface area contributed by atoms with Gasteiger partial charge in [0.2, 0.25) is 0 Å². The van der Waals surface area contributed by atoms with E-state index < -0.39 is 0 Å². The van der Waals surface area contributed by atoms with Gasteiger partial charge in [0, 0.05) is 34.1 Å². The van der Waals surface area contributed by atoms with Gasteiger partial charge in [-0.05, 0) is 30.5 Å². The Hall–Kier alpha value is -2.44. The predicted octanol–water partition coefficient (Wildman–Crippen LogP) is 5.87. The van der Waals surface area contributed by atoms with Crippen LogP contribution in [-0.2, 0) is 12.3 Å². The van der Waals surface area contributed by atoms with Crippen molar-refractivity contribution in [2.45, 2.75) is 4.21 Å². The Kier molecular flexibility index (Phi) is 6.38. The molecule has 1 aliphatic rings. The standard InChI is InChI=1S/C23H22N3O4S4/c1-24-13(5-6-14(24)22-16(30-3)12-20(31-4)34-22)21-15(29-2)11-19(33-21)17-7-8-18(32-17)23-25(27)9-10-26(23)28/h5-8,11-12H,9-10H2,1-4H3. The van der Waals surface area contributed by atoms with Gasteiger partial charge in [-0.25, -0.2) is 0 Å². The molecule has 0 saturated heterocycles. The molecule has 0 spiro atoms. The molecule has 0 aliphatic carbocycles. The summed E-state index contributed by atoms with van der Waals surface area (Å²) < 4.78 is 15.5. The number of nitrogens with zero attached hydrogens (tertiary/aromatic N) is 3. The molecule has 0 bridgehead atoms. The Labute approximate surface area is 213 Å². The Bertz CT molecular complexity index is 1380. The first kappa shape index (κ1) is 23.3. The molecule has 1 aliphatic heterocycles. The number of rotatable bonds is 7. The van der Waals surface area contributed by atoms with Gasteiger partial charge in [0.25, 0.3) is 0 Å². The highest BCUT2D eigenvalue weighted by molar-refractivity contribution is 8.00. The monoisotopic (exact) mass is 532 g/mol. The van der Waals surface area contributed by atoms with E-state index >= 15 is 0 Å². The summed E-state index contributed by atoms with van der Waals surface area (Å²) in [6.45, 7) is 0.401. The van der Waals surface area contributed by atoms with Crippen LogP contribution in [0, 0.1) is 5.21 Å². The zero-order valence-electron chi connectivity index (χ0n) is 19.0. The van der Waals surface area contributed by atoms with Crippen molar-refractivity contribution in [1.29, 1.82) is 0 Å². The number of thiophene rings is 3. The Morgan fingerprint density at radius 2 is 1.59 bits per heavy atom. The average molecular weight is 533 g/mol. The van der Waals surface area contributed by atoms with Crippen LogP contribution < -0.4 is 9.47 Å². The first-order chi connectivity index (χ1) is 16.4. The summed E-state index contributed by atoms with van der Waals surface area (Å²) in [4.78, 5) is 4.81. The molecule has 4 aromatic rings. The van der Waals surface area contributed by atoms with Crippen LogP contribution in [-0.4, -0.2) is 53.8 Å². The van der Waals surface area contributed by atoms with Crippen molar-refractivity contribution in [3.8, 4) is 42.4 Å². The molecule has 4 aromatic heterocycles. The lowest BCUT2D eigenvalue weighted by atomic mass is 10.3. The van der Waals surface area contributed by atoms with Gasteiger partial charge in [-0.3, -0.25) is 4.74 Å². The summed E-state index contributed by atoms with van der Waals surface area (Å²) in [6.07, 6.45) is 2.06. The van der Waals surface area contributed by atoms with E-state index in [1.165, 1.54) is 15.5 Å². The molecule has 7 nitrogen and oxygen atoms in total. The normalized spacial score (nSPS) is 13.9.